The molecule has 0 unspecified atom stereocenters. The van der Waals surface area contributed by atoms with Crippen molar-refractivity contribution in [2.24, 2.45) is 0 Å². The average molecular weight is 316 g/mol. The summed E-state index contributed by atoms with van der Waals surface area (Å²) in [6.07, 6.45) is -4.70. The number of aryl methyl sites for hydroxylation is 1. The highest BCUT2D eigenvalue weighted by Gasteiger charge is 2.35. The fourth-order valence-corrected chi connectivity index (χ4v) is 2.45. The van der Waals surface area contributed by atoms with E-state index in [2.05, 4.69) is 10.3 Å². The second-order valence-corrected chi connectivity index (χ2v) is 5.24. The number of aromatic nitrogens is 1. The van der Waals surface area contributed by atoms with Crippen LogP contribution < -0.4 is 5.32 Å². The molecule has 1 aromatic heterocycles. The highest BCUT2D eigenvalue weighted by Crippen LogP contribution is 2.33. The molecular weight excluding hydrogens is 305 g/mol. The maximum atomic E-state index is 12.7. The van der Waals surface area contributed by atoms with E-state index in [0.29, 0.717) is 12.2 Å². The Bertz CT molecular complexity index is 668. The van der Waals surface area contributed by atoms with Crippen molar-refractivity contribution in [3.05, 3.63) is 45.4 Å². The minimum absolute atomic E-state index is 0.299. The number of hydrogen-bond donors (Lipinski definition) is 2. The number of nitrogens with one attached hydrogen (secondary N) is 1. The fraction of sp³-hybridized carbons (Fsp3) is 0.231. The summed E-state index contributed by atoms with van der Waals surface area (Å²) < 4.78 is 38.1. The summed E-state index contributed by atoms with van der Waals surface area (Å²) in [5.41, 5.74) is -0.780. The third-order valence-corrected chi connectivity index (χ3v) is 3.63. The third kappa shape index (κ3) is 3.72. The first-order valence-electron chi connectivity index (χ1n) is 5.87. The van der Waals surface area contributed by atoms with Gasteiger partial charge in [0.1, 0.15) is 5.01 Å². The van der Waals surface area contributed by atoms with Crippen LogP contribution in [0.5, 0.6) is 0 Å². The maximum absolute atomic E-state index is 12.7. The molecular formula is C13H11F3N2O2S. The molecule has 21 heavy (non-hydrogen) atoms. The van der Waals surface area contributed by atoms with Crippen molar-refractivity contribution >= 4 is 23.0 Å². The number of carboxylic acids is 1. The Morgan fingerprint density at radius 3 is 2.67 bits per heavy atom. The van der Waals surface area contributed by atoms with Crippen LogP contribution in [-0.4, -0.2) is 16.1 Å². The molecule has 2 rings (SSSR count). The topological polar surface area (TPSA) is 62.2 Å². The third-order valence-electron chi connectivity index (χ3n) is 2.67. The van der Waals surface area contributed by atoms with Gasteiger partial charge in [0.15, 0.2) is 0 Å². The molecule has 0 saturated heterocycles. The van der Waals surface area contributed by atoms with Crippen LogP contribution in [0.15, 0.2) is 23.6 Å². The molecule has 0 aliphatic heterocycles. The van der Waals surface area contributed by atoms with E-state index < -0.39 is 23.3 Å². The standard InChI is InChI=1S/C13H11F3N2O2S/c1-7-6-21-11(18-7)5-17-8-2-3-10(13(14,15)16)9(4-8)12(19)20/h2-4,6,17H,5H2,1H3,(H,19,20). The van der Waals surface area contributed by atoms with Crippen molar-refractivity contribution in [2.45, 2.75) is 19.6 Å². The van der Waals surface area contributed by atoms with Crippen LogP contribution in [-0.2, 0) is 12.7 Å². The number of hydrogen-bond acceptors (Lipinski definition) is 4. The quantitative estimate of drug-likeness (QED) is 0.901. The van der Waals surface area contributed by atoms with E-state index in [1.807, 2.05) is 12.3 Å². The monoisotopic (exact) mass is 316 g/mol. The number of rotatable bonds is 4. The first-order valence-corrected chi connectivity index (χ1v) is 6.75. The molecule has 0 radical (unpaired) electrons. The van der Waals surface area contributed by atoms with E-state index in [0.717, 1.165) is 22.8 Å². The van der Waals surface area contributed by atoms with E-state index in [4.69, 9.17) is 5.11 Å². The summed E-state index contributed by atoms with van der Waals surface area (Å²) in [6, 6.07) is 2.94. The number of carboxylic acid groups (broad SMARTS) is 1. The van der Waals surface area contributed by atoms with Gasteiger partial charge in [-0.1, -0.05) is 0 Å². The predicted octanol–water partition coefficient (Wildman–Crippen LogP) is 3.78. The average Bonchev–Trinajstić information content (AvgIpc) is 2.80. The molecule has 0 aliphatic rings. The van der Waals surface area contributed by atoms with Gasteiger partial charge in [0, 0.05) is 16.8 Å². The lowest BCUT2D eigenvalue weighted by atomic mass is 10.1. The lowest BCUT2D eigenvalue weighted by Gasteiger charge is -2.12. The zero-order valence-electron chi connectivity index (χ0n) is 10.9. The maximum Gasteiger partial charge on any atom is 0.417 e. The Balaban J connectivity index is 2.22. The van der Waals surface area contributed by atoms with Crippen molar-refractivity contribution in [3.8, 4) is 0 Å². The van der Waals surface area contributed by atoms with Crippen LogP contribution in [0.25, 0.3) is 0 Å². The van der Waals surface area contributed by atoms with E-state index in [9.17, 15) is 18.0 Å². The Kier molecular flexibility index (Phi) is 4.17. The van der Waals surface area contributed by atoms with Gasteiger partial charge in [-0.3, -0.25) is 0 Å². The second-order valence-electron chi connectivity index (χ2n) is 4.30. The van der Waals surface area contributed by atoms with E-state index in [1.165, 1.54) is 17.4 Å². The number of halogens is 3. The number of aromatic carboxylic acids is 1. The molecule has 112 valence electrons. The lowest BCUT2D eigenvalue weighted by molar-refractivity contribution is -0.138. The summed E-state index contributed by atoms with van der Waals surface area (Å²) in [5.74, 6) is -1.61. The normalized spacial score (nSPS) is 11.4. The number of benzene rings is 1. The Labute approximate surface area is 122 Å². The molecule has 1 aromatic carbocycles. The Hall–Kier alpha value is -2.09. The molecule has 1 heterocycles. The highest BCUT2D eigenvalue weighted by molar-refractivity contribution is 7.09. The summed E-state index contributed by atoms with van der Waals surface area (Å²) >= 11 is 1.42. The largest absolute Gasteiger partial charge is 0.478 e. The summed E-state index contributed by atoms with van der Waals surface area (Å²) in [4.78, 5) is 15.2. The minimum Gasteiger partial charge on any atom is -0.478 e. The zero-order valence-corrected chi connectivity index (χ0v) is 11.7. The first kappa shape index (κ1) is 15.3. The Morgan fingerprint density at radius 2 is 2.14 bits per heavy atom. The molecule has 0 atom stereocenters. The molecule has 4 nitrogen and oxygen atoms in total. The number of alkyl halides is 3. The molecule has 0 fully saturated rings. The van der Waals surface area contributed by atoms with Crippen molar-refractivity contribution in [3.63, 3.8) is 0 Å². The molecule has 0 amide bonds. The van der Waals surface area contributed by atoms with E-state index >= 15 is 0 Å². The van der Waals surface area contributed by atoms with Gasteiger partial charge in [-0.15, -0.1) is 11.3 Å². The lowest BCUT2D eigenvalue weighted by Crippen LogP contribution is -2.13. The molecule has 0 bridgehead atoms. The van der Waals surface area contributed by atoms with Gasteiger partial charge in [0.05, 0.1) is 17.7 Å². The molecule has 2 N–H and O–H groups in total. The van der Waals surface area contributed by atoms with Crippen LogP contribution >= 0.6 is 11.3 Å². The number of nitrogens with zero attached hydrogens (tertiary/aromatic N) is 1. The number of carbonyl (C=O) groups is 1. The second kappa shape index (κ2) is 5.72. The number of thiazole rings is 1. The van der Waals surface area contributed by atoms with Crippen LogP contribution in [0.4, 0.5) is 18.9 Å². The van der Waals surface area contributed by atoms with Crippen molar-refractivity contribution in [1.29, 1.82) is 0 Å². The van der Waals surface area contributed by atoms with Gasteiger partial charge in [0.25, 0.3) is 0 Å². The molecule has 2 aromatic rings. The summed E-state index contributed by atoms with van der Waals surface area (Å²) in [5, 5.41) is 14.4. The summed E-state index contributed by atoms with van der Waals surface area (Å²) in [7, 11) is 0. The first-order chi connectivity index (χ1) is 9.77. The molecule has 0 spiro atoms. The molecule has 0 saturated carbocycles. The highest BCUT2D eigenvalue weighted by atomic mass is 32.1. The summed E-state index contributed by atoms with van der Waals surface area (Å²) in [6.45, 7) is 2.16. The SMILES string of the molecule is Cc1csc(CNc2ccc(C(F)(F)F)c(C(=O)O)c2)n1. The van der Waals surface area contributed by atoms with Gasteiger partial charge in [0.2, 0.25) is 0 Å². The van der Waals surface area contributed by atoms with Crippen molar-refractivity contribution in [1.82, 2.24) is 4.98 Å². The van der Waals surface area contributed by atoms with Crippen molar-refractivity contribution < 1.29 is 23.1 Å². The number of anilines is 1. The van der Waals surface area contributed by atoms with E-state index in [-0.39, 0.29) is 0 Å². The van der Waals surface area contributed by atoms with Gasteiger partial charge in [-0.2, -0.15) is 13.2 Å². The van der Waals surface area contributed by atoms with Gasteiger partial charge in [-0.05, 0) is 25.1 Å². The van der Waals surface area contributed by atoms with Gasteiger partial charge >= 0.3 is 12.1 Å². The molecule has 8 heteroatoms. The van der Waals surface area contributed by atoms with Crippen LogP contribution in [0.2, 0.25) is 0 Å². The van der Waals surface area contributed by atoms with Crippen LogP contribution in [0, 0.1) is 6.92 Å². The van der Waals surface area contributed by atoms with Crippen LogP contribution in [0.1, 0.15) is 26.6 Å². The van der Waals surface area contributed by atoms with Gasteiger partial charge in [-0.25, -0.2) is 9.78 Å². The molecule has 0 aliphatic carbocycles. The van der Waals surface area contributed by atoms with Gasteiger partial charge < -0.3 is 10.4 Å². The van der Waals surface area contributed by atoms with Crippen LogP contribution in [0.3, 0.4) is 0 Å². The Morgan fingerprint density at radius 1 is 1.43 bits per heavy atom. The van der Waals surface area contributed by atoms with E-state index in [1.54, 1.807) is 0 Å². The zero-order chi connectivity index (χ0) is 15.6. The fourth-order valence-electron chi connectivity index (χ4n) is 1.74. The minimum atomic E-state index is -4.70. The van der Waals surface area contributed by atoms with Crippen molar-refractivity contribution in [2.75, 3.05) is 5.32 Å². The smallest absolute Gasteiger partial charge is 0.417 e. The predicted molar refractivity (Wildman–Crippen MR) is 72.6 cm³/mol.